The van der Waals surface area contributed by atoms with E-state index in [1.54, 1.807) is 36.4 Å². The van der Waals surface area contributed by atoms with Gasteiger partial charge >= 0.3 is 0 Å². The minimum Gasteiger partial charge on any atom is -0.491 e. The van der Waals surface area contributed by atoms with Crippen molar-refractivity contribution in [2.75, 3.05) is 31.6 Å². The second-order valence-corrected chi connectivity index (χ2v) is 9.66. The Labute approximate surface area is 193 Å². The average Bonchev–Trinajstić information content (AvgIpc) is 2.80. The Bertz CT molecular complexity index is 1050. The summed E-state index contributed by atoms with van der Waals surface area (Å²) in [6.45, 7) is 5.43. The number of ether oxygens (including phenoxy) is 2. The van der Waals surface area contributed by atoms with Crippen LogP contribution in [0.15, 0.2) is 53.4 Å². The fourth-order valence-electron chi connectivity index (χ4n) is 3.01. The summed E-state index contributed by atoms with van der Waals surface area (Å²) in [4.78, 5) is 12.7. The quantitative estimate of drug-likeness (QED) is 0.592. The molecule has 3 rings (SSSR count). The van der Waals surface area contributed by atoms with E-state index in [0.717, 1.165) is 6.42 Å². The van der Waals surface area contributed by atoms with Crippen LogP contribution in [-0.2, 0) is 14.8 Å². The Balaban J connectivity index is 1.59. The molecule has 10 heteroatoms. The number of nitrogens with one attached hydrogen (secondary N) is 2. The van der Waals surface area contributed by atoms with E-state index in [2.05, 4.69) is 10.6 Å². The van der Waals surface area contributed by atoms with Crippen molar-refractivity contribution in [3.8, 4) is 5.75 Å². The van der Waals surface area contributed by atoms with Gasteiger partial charge in [0.2, 0.25) is 10.0 Å². The van der Waals surface area contributed by atoms with E-state index in [4.69, 9.17) is 21.7 Å². The molecule has 0 aliphatic carbocycles. The van der Waals surface area contributed by atoms with Crippen molar-refractivity contribution in [3.05, 3.63) is 54.1 Å². The van der Waals surface area contributed by atoms with Crippen LogP contribution in [0.25, 0.3) is 0 Å². The van der Waals surface area contributed by atoms with Gasteiger partial charge in [0.1, 0.15) is 5.75 Å². The zero-order chi connectivity index (χ0) is 23.1. The maximum absolute atomic E-state index is 12.7. The molecular weight excluding hydrogens is 450 g/mol. The van der Waals surface area contributed by atoms with Crippen molar-refractivity contribution in [2.24, 2.45) is 0 Å². The summed E-state index contributed by atoms with van der Waals surface area (Å²) in [7, 11) is -3.57. The van der Waals surface area contributed by atoms with E-state index in [1.807, 2.05) is 13.8 Å². The Hall–Kier alpha value is -2.53. The first-order chi connectivity index (χ1) is 15.3. The molecule has 0 spiro atoms. The van der Waals surface area contributed by atoms with E-state index in [-0.39, 0.29) is 22.0 Å². The van der Waals surface area contributed by atoms with Crippen LogP contribution in [0.5, 0.6) is 5.75 Å². The molecule has 1 saturated heterocycles. The van der Waals surface area contributed by atoms with Crippen LogP contribution in [0.4, 0.5) is 5.69 Å². The first kappa shape index (κ1) is 24.1. The van der Waals surface area contributed by atoms with Gasteiger partial charge < -0.3 is 14.8 Å². The van der Waals surface area contributed by atoms with Gasteiger partial charge in [-0.25, -0.2) is 8.42 Å². The minimum absolute atomic E-state index is 0.0473. The summed E-state index contributed by atoms with van der Waals surface area (Å²) in [6.07, 6.45) is 0.905. The lowest BCUT2D eigenvalue weighted by atomic mass is 10.2. The van der Waals surface area contributed by atoms with Crippen molar-refractivity contribution >= 4 is 38.9 Å². The smallest absolute Gasteiger partial charge is 0.257 e. The summed E-state index contributed by atoms with van der Waals surface area (Å²) in [5.41, 5.74) is 0.979. The molecule has 0 bridgehead atoms. The number of anilines is 1. The highest BCUT2D eigenvalue weighted by atomic mass is 32.2. The van der Waals surface area contributed by atoms with Gasteiger partial charge in [0.25, 0.3) is 5.91 Å². The van der Waals surface area contributed by atoms with E-state index in [9.17, 15) is 13.2 Å². The summed E-state index contributed by atoms with van der Waals surface area (Å²) in [5.74, 6) is 0.242. The Kier molecular flexibility index (Phi) is 8.19. The van der Waals surface area contributed by atoms with Gasteiger partial charge in [-0.15, -0.1) is 0 Å². The zero-order valence-corrected chi connectivity index (χ0v) is 19.7. The summed E-state index contributed by atoms with van der Waals surface area (Å²) in [5, 5.41) is 5.62. The molecule has 0 radical (unpaired) electrons. The molecular formula is C22H27N3O5S2. The van der Waals surface area contributed by atoms with Crippen LogP contribution in [0, 0.1) is 0 Å². The highest BCUT2D eigenvalue weighted by Crippen LogP contribution is 2.20. The molecule has 1 heterocycles. The predicted molar refractivity (Wildman–Crippen MR) is 127 cm³/mol. The van der Waals surface area contributed by atoms with Gasteiger partial charge in [0.15, 0.2) is 5.11 Å². The van der Waals surface area contributed by atoms with E-state index in [0.29, 0.717) is 43.3 Å². The predicted octanol–water partition coefficient (Wildman–Crippen LogP) is 3.01. The van der Waals surface area contributed by atoms with Gasteiger partial charge in [-0.2, -0.15) is 4.31 Å². The highest BCUT2D eigenvalue weighted by Gasteiger charge is 2.26. The number of amides is 1. The number of sulfonamides is 1. The molecule has 1 aliphatic rings. The molecule has 1 aliphatic heterocycles. The van der Waals surface area contributed by atoms with Gasteiger partial charge in [0.05, 0.1) is 24.2 Å². The van der Waals surface area contributed by atoms with Crippen LogP contribution in [-0.4, -0.2) is 56.1 Å². The Morgan fingerprint density at radius 1 is 1.19 bits per heavy atom. The lowest BCUT2D eigenvalue weighted by Gasteiger charge is -2.26. The molecule has 8 nitrogen and oxygen atoms in total. The molecule has 2 aromatic rings. The third-order valence-corrected chi connectivity index (χ3v) is 7.07. The molecule has 2 aromatic carbocycles. The van der Waals surface area contributed by atoms with Crippen LogP contribution in [0.1, 0.15) is 30.6 Å². The standard InChI is InChI=1S/C22H27N3O5S2/c1-3-16(2)30-19-6-4-5-17(15-19)21(26)24-22(31)23-18-7-9-20(10-8-18)32(27,28)25-11-13-29-14-12-25/h4-10,15-16H,3,11-14H2,1-2H3,(H2,23,24,26,31). The zero-order valence-electron chi connectivity index (χ0n) is 18.0. The number of morpholine rings is 1. The van der Waals surface area contributed by atoms with Crippen molar-refractivity contribution < 1.29 is 22.7 Å². The minimum atomic E-state index is -3.57. The Morgan fingerprint density at radius 3 is 2.53 bits per heavy atom. The maximum Gasteiger partial charge on any atom is 0.257 e. The first-order valence-corrected chi connectivity index (χ1v) is 12.2. The number of hydrogen-bond donors (Lipinski definition) is 2. The summed E-state index contributed by atoms with van der Waals surface area (Å²) in [6, 6.07) is 13.1. The molecule has 1 unspecified atom stereocenters. The molecule has 32 heavy (non-hydrogen) atoms. The van der Waals surface area contributed by atoms with Crippen molar-refractivity contribution in [1.82, 2.24) is 9.62 Å². The number of carbonyl (C=O) groups excluding carboxylic acids is 1. The largest absolute Gasteiger partial charge is 0.491 e. The van der Waals surface area contributed by atoms with Crippen molar-refractivity contribution in [3.63, 3.8) is 0 Å². The first-order valence-electron chi connectivity index (χ1n) is 10.4. The number of nitrogens with zero attached hydrogens (tertiary/aromatic N) is 1. The number of carbonyl (C=O) groups is 1. The maximum atomic E-state index is 12.7. The van der Waals surface area contributed by atoms with Crippen LogP contribution in [0.3, 0.4) is 0 Å². The van der Waals surface area contributed by atoms with Crippen LogP contribution >= 0.6 is 12.2 Å². The fourth-order valence-corrected chi connectivity index (χ4v) is 4.63. The topological polar surface area (TPSA) is 97.0 Å². The van der Waals surface area contributed by atoms with Gasteiger partial charge in [-0.05, 0) is 68.0 Å². The lowest BCUT2D eigenvalue weighted by molar-refractivity contribution is 0.0730. The van der Waals surface area contributed by atoms with E-state index >= 15 is 0 Å². The van der Waals surface area contributed by atoms with Crippen LogP contribution in [0.2, 0.25) is 0 Å². The molecule has 2 N–H and O–H groups in total. The molecule has 1 amide bonds. The molecule has 0 saturated carbocycles. The van der Waals surface area contributed by atoms with Gasteiger partial charge in [-0.1, -0.05) is 13.0 Å². The normalized spacial score (nSPS) is 15.6. The van der Waals surface area contributed by atoms with E-state index in [1.165, 1.54) is 16.4 Å². The highest BCUT2D eigenvalue weighted by molar-refractivity contribution is 7.89. The monoisotopic (exact) mass is 477 g/mol. The van der Waals surface area contributed by atoms with Gasteiger partial charge in [0, 0.05) is 24.3 Å². The molecule has 1 atom stereocenters. The fraction of sp³-hybridized carbons (Fsp3) is 0.364. The van der Waals surface area contributed by atoms with Gasteiger partial charge in [-0.3, -0.25) is 10.1 Å². The number of rotatable bonds is 7. The summed E-state index contributed by atoms with van der Waals surface area (Å²) >= 11 is 5.23. The number of hydrogen-bond acceptors (Lipinski definition) is 6. The van der Waals surface area contributed by atoms with Crippen molar-refractivity contribution in [1.29, 1.82) is 0 Å². The third kappa shape index (κ3) is 6.26. The SMILES string of the molecule is CCC(C)Oc1cccc(C(=O)NC(=S)Nc2ccc(S(=O)(=O)N3CCOCC3)cc2)c1. The molecule has 1 fully saturated rings. The van der Waals surface area contributed by atoms with E-state index < -0.39 is 10.0 Å². The number of thiocarbonyl (C=S) groups is 1. The molecule has 172 valence electrons. The summed E-state index contributed by atoms with van der Waals surface area (Å²) < 4.78 is 37.8. The second-order valence-electron chi connectivity index (χ2n) is 7.31. The second kappa shape index (κ2) is 10.9. The third-order valence-electron chi connectivity index (χ3n) is 4.96. The molecule has 0 aromatic heterocycles. The van der Waals surface area contributed by atoms with Crippen molar-refractivity contribution in [2.45, 2.75) is 31.3 Å². The average molecular weight is 478 g/mol. The number of benzene rings is 2. The van der Waals surface area contributed by atoms with Crippen LogP contribution < -0.4 is 15.4 Å². The lowest BCUT2D eigenvalue weighted by Crippen LogP contribution is -2.40. The Morgan fingerprint density at radius 2 is 1.88 bits per heavy atom.